The zero-order valence-electron chi connectivity index (χ0n) is 16.5. The van der Waals surface area contributed by atoms with E-state index in [9.17, 15) is 9.59 Å². The summed E-state index contributed by atoms with van der Waals surface area (Å²) >= 11 is 0. The van der Waals surface area contributed by atoms with Crippen molar-refractivity contribution in [3.63, 3.8) is 0 Å². The Kier molecular flexibility index (Phi) is 26.2. The topological polar surface area (TPSA) is 115 Å². The summed E-state index contributed by atoms with van der Waals surface area (Å²) < 4.78 is 0. The third-order valence-corrected chi connectivity index (χ3v) is 3.18. The van der Waals surface area contributed by atoms with E-state index in [1.165, 1.54) is 45.4 Å². The van der Waals surface area contributed by atoms with Crippen LogP contribution in [0.5, 0.6) is 0 Å². The Morgan fingerprint density at radius 1 is 0.800 bits per heavy atom. The number of carbonyl (C=O) groups is 2. The first-order valence-electron chi connectivity index (χ1n) is 9.39. The Morgan fingerprint density at radius 2 is 1.20 bits per heavy atom. The maximum atomic E-state index is 9.90. The number of carboxylic acids is 2. The first-order chi connectivity index (χ1) is 11.7. The molecule has 1 unspecified atom stereocenters. The normalized spacial score (nSPS) is 11.0. The molecule has 0 amide bonds. The van der Waals surface area contributed by atoms with Crippen LogP contribution in [0, 0.1) is 5.92 Å². The number of unbranched alkanes of at least 4 members (excludes halogenated alkanes) is 5. The van der Waals surface area contributed by atoms with Crippen molar-refractivity contribution in [2.45, 2.75) is 98.0 Å². The van der Waals surface area contributed by atoms with Crippen molar-refractivity contribution in [1.82, 2.24) is 0 Å². The SMILES string of the molecule is CC(O)CO.CCCCCCCC(C)C.O=C(O)CCCCC(=O)O. The molecule has 0 aliphatic carbocycles. The fraction of sp³-hybridized carbons (Fsp3) is 0.895. The van der Waals surface area contributed by atoms with E-state index in [0.717, 1.165) is 5.92 Å². The van der Waals surface area contributed by atoms with Gasteiger partial charge in [0.1, 0.15) is 0 Å². The van der Waals surface area contributed by atoms with E-state index in [0.29, 0.717) is 12.8 Å². The molecule has 152 valence electrons. The summed E-state index contributed by atoms with van der Waals surface area (Å²) in [7, 11) is 0. The second kappa shape index (κ2) is 22.9. The Balaban J connectivity index is -0.000000308. The highest BCUT2D eigenvalue weighted by Crippen LogP contribution is 2.09. The highest BCUT2D eigenvalue weighted by molar-refractivity contribution is 5.67. The van der Waals surface area contributed by atoms with Gasteiger partial charge in [-0.1, -0.05) is 59.3 Å². The van der Waals surface area contributed by atoms with Crippen LogP contribution < -0.4 is 0 Å². The number of hydrogen-bond acceptors (Lipinski definition) is 4. The minimum Gasteiger partial charge on any atom is -0.481 e. The lowest BCUT2D eigenvalue weighted by Gasteiger charge is -2.02. The number of aliphatic carboxylic acids is 2. The van der Waals surface area contributed by atoms with Gasteiger partial charge in [-0.3, -0.25) is 9.59 Å². The minimum absolute atomic E-state index is 0.0628. The van der Waals surface area contributed by atoms with Crippen molar-refractivity contribution in [2.75, 3.05) is 6.61 Å². The molecule has 0 saturated heterocycles. The van der Waals surface area contributed by atoms with E-state index in [-0.39, 0.29) is 19.4 Å². The van der Waals surface area contributed by atoms with Crippen molar-refractivity contribution in [2.24, 2.45) is 5.92 Å². The third-order valence-electron chi connectivity index (χ3n) is 3.18. The summed E-state index contributed by atoms with van der Waals surface area (Å²) in [6.07, 6.45) is 9.01. The lowest BCUT2D eigenvalue weighted by atomic mass is 10.0. The van der Waals surface area contributed by atoms with Crippen LogP contribution >= 0.6 is 0 Å². The molecule has 0 aliphatic rings. The molecule has 0 rings (SSSR count). The highest BCUT2D eigenvalue weighted by atomic mass is 16.4. The van der Waals surface area contributed by atoms with Gasteiger partial charge in [0.2, 0.25) is 0 Å². The first-order valence-corrected chi connectivity index (χ1v) is 9.39. The van der Waals surface area contributed by atoms with Gasteiger partial charge in [-0.15, -0.1) is 0 Å². The summed E-state index contributed by atoms with van der Waals surface area (Å²) in [5.74, 6) is -0.836. The number of aliphatic hydroxyl groups excluding tert-OH is 2. The highest BCUT2D eigenvalue weighted by Gasteiger charge is 1.99. The lowest BCUT2D eigenvalue weighted by molar-refractivity contribution is -0.139. The zero-order chi connectivity index (χ0) is 20.1. The predicted molar refractivity (Wildman–Crippen MR) is 101 cm³/mol. The summed E-state index contributed by atoms with van der Waals surface area (Å²) in [4.78, 5) is 19.8. The van der Waals surface area contributed by atoms with E-state index in [4.69, 9.17) is 20.4 Å². The van der Waals surface area contributed by atoms with Gasteiger partial charge in [-0.25, -0.2) is 0 Å². The number of rotatable bonds is 12. The Bertz CT molecular complexity index is 274. The van der Waals surface area contributed by atoms with E-state index in [2.05, 4.69) is 20.8 Å². The molecule has 0 aliphatic heterocycles. The van der Waals surface area contributed by atoms with Crippen LogP contribution in [0.3, 0.4) is 0 Å². The lowest BCUT2D eigenvalue weighted by Crippen LogP contribution is -2.03. The number of aliphatic hydroxyl groups is 2. The smallest absolute Gasteiger partial charge is 0.303 e. The predicted octanol–water partition coefficient (Wildman–Crippen LogP) is 4.08. The second-order valence-corrected chi connectivity index (χ2v) is 6.62. The molecule has 1 atom stereocenters. The van der Waals surface area contributed by atoms with Gasteiger partial charge in [-0.05, 0) is 25.7 Å². The van der Waals surface area contributed by atoms with Crippen LogP contribution in [-0.2, 0) is 9.59 Å². The van der Waals surface area contributed by atoms with Crippen molar-refractivity contribution in [3.05, 3.63) is 0 Å². The maximum absolute atomic E-state index is 9.90. The molecule has 0 bridgehead atoms. The molecule has 0 spiro atoms. The van der Waals surface area contributed by atoms with Crippen molar-refractivity contribution < 1.29 is 30.0 Å². The summed E-state index contributed by atoms with van der Waals surface area (Å²) in [5.41, 5.74) is 0. The van der Waals surface area contributed by atoms with Crippen LogP contribution in [0.15, 0.2) is 0 Å². The molecular formula is C19H40O6. The fourth-order valence-corrected chi connectivity index (χ4v) is 1.71. The molecule has 0 saturated carbocycles. The molecule has 25 heavy (non-hydrogen) atoms. The van der Waals surface area contributed by atoms with E-state index >= 15 is 0 Å². The number of carboxylic acid groups (broad SMARTS) is 2. The van der Waals surface area contributed by atoms with Crippen LogP contribution in [-0.4, -0.2) is 45.1 Å². The standard InChI is InChI=1S/C10H22.C6H10O4.C3H8O2/c1-4-5-6-7-8-9-10(2)3;7-5(8)3-1-2-4-6(9)10;1-3(5)2-4/h10H,4-9H2,1-3H3;1-4H2,(H,7,8)(H,9,10);3-5H,2H2,1H3. The maximum Gasteiger partial charge on any atom is 0.303 e. The summed E-state index contributed by atoms with van der Waals surface area (Å²) in [6.45, 7) is 8.27. The Labute approximate surface area is 153 Å². The largest absolute Gasteiger partial charge is 0.481 e. The molecular weight excluding hydrogens is 324 g/mol. The number of hydrogen-bond donors (Lipinski definition) is 4. The van der Waals surface area contributed by atoms with Gasteiger partial charge >= 0.3 is 11.9 Å². The fourth-order valence-electron chi connectivity index (χ4n) is 1.71. The van der Waals surface area contributed by atoms with Gasteiger partial charge in [0.15, 0.2) is 0 Å². The van der Waals surface area contributed by atoms with Crippen LogP contribution in [0.4, 0.5) is 0 Å². The molecule has 0 heterocycles. The quantitative estimate of drug-likeness (QED) is 0.388. The molecule has 4 N–H and O–H groups in total. The van der Waals surface area contributed by atoms with Gasteiger partial charge in [-0.2, -0.15) is 0 Å². The van der Waals surface area contributed by atoms with Gasteiger partial charge in [0.25, 0.3) is 0 Å². The Morgan fingerprint density at radius 3 is 1.48 bits per heavy atom. The molecule has 0 aromatic rings. The third kappa shape index (κ3) is 45.0. The second-order valence-electron chi connectivity index (χ2n) is 6.62. The van der Waals surface area contributed by atoms with Crippen molar-refractivity contribution in [1.29, 1.82) is 0 Å². The summed E-state index contributed by atoms with van der Waals surface area (Å²) in [6, 6.07) is 0. The first kappa shape index (κ1) is 28.7. The van der Waals surface area contributed by atoms with Gasteiger partial charge < -0.3 is 20.4 Å². The van der Waals surface area contributed by atoms with E-state index in [1.807, 2.05) is 0 Å². The average Bonchev–Trinajstić information content (AvgIpc) is 2.52. The summed E-state index contributed by atoms with van der Waals surface area (Å²) in [5, 5.41) is 32.3. The monoisotopic (exact) mass is 364 g/mol. The molecule has 0 fully saturated rings. The van der Waals surface area contributed by atoms with Gasteiger partial charge in [0, 0.05) is 12.8 Å². The van der Waals surface area contributed by atoms with E-state index < -0.39 is 18.0 Å². The van der Waals surface area contributed by atoms with Gasteiger partial charge in [0.05, 0.1) is 12.7 Å². The molecule has 6 heteroatoms. The van der Waals surface area contributed by atoms with E-state index in [1.54, 1.807) is 0 Å². The Hall–Kier alpha value is -1.14. The molecule has 0 radical (unpaired) electrons. The average molecular weight is 365 g/mol. The van der Waals surface area contributed by atoms with Crippen molar-refractivity contribution in [3.8, 4) is 0 Å². The zero-order valence-corrected chi connectivity index (χ0v) is 16.5. The molecule has 6 nitrogen and oxygen atoms in total. The van der Waals surface area contributed by atoms with Crippen LogP contribution in [0.2, 0.25) is 0 Å². The molecule has 0 aromatic carbocycles. The van der Waals surface area contributed by atoms with Crippen LogP contribution in [0.25, 0.3) is 0 Å². The molecule has 0 aromatic heterocycles. The minimum atomic E-state index is -0.870. The van der Waals surface area contributed by atoms with Crippen molar-refractivity contribution >= 4 is 11.9 Å². The van der Waals surface area contributed by atoms with Crippen LogP contribution in [0.1, 0.15) is 91.9 Å².